The lowest BCUT2D eigenvalue weighted by Gasteiger charge is -2.13. The molecule has 1 aliphatic rings. The lowest BCUT2D eigenvalue weighted by molar-refractivity contribution is -0.142. The maximum Gasteiger partial charge on any atom is 0.329 e. The van der Waals surface area contributed by atoms with Gasteiger partial charge in [0.25, 0.3) is 0 Å². The number of carbonyl (C=O) groups excluding carboxylic acids is 1. The number of ether oxygens (including phenoxy) is 9. The minimum atomic E-state index is -1.00. The maximum atomic E-state index is 13.5. The number of aromatic nitrogens is 3. The number of carboxylic acids is 1. The fourth-order valence-electron chi connectivity index (χ4n) is 6.07. The van der Waals surface area contributed by atoms with Crippen molar-refractivity contribution >= 4 is 46.2 Å². The Morgan fingerprint density at radius 1 is 0.694 bits per heavy atom. The summed E-state index contributed by atoms with van der Waals surface area (Å²) in [5.41, 5.74) is 4.48. The first-order valence-corrected chi connectivity index (χ1v) is 21.6. The molecule has 0 aliphatic carbocycles. The summed E-state index contributed by atoms with van der Waals surface area (Å²) in [4.78, 5) is 30.2. The Balaban J connectivity index is 0.879. The SMILES string of the molecule is Cc1sc2c(c1C)C(c1ccc(Cl)cc1)=N[C@@H](CC(=O)Nc1ccc(OCCOCCOCCOCCOCCOCCOCCOCCOCC(=O)O)cc1)c1nnc(C)n1-2. The first-order valence-electron chi connectivity index (χ1n) is 20.4. The molecule has 0 spiro atoms. The summed E-state index contributed by atoms with van der Waals surface area (Å²) >= 11 is 7.90. The summed E-state index contributed by atoms with van der Waals surface area (Å²) in [6.45, 7) is 12.4. The van der Waals surface area contributed by atoms with Crippen LogP contribution in [0, 0.1) is 20.8 Å². The third-order valence-corrected chi connectivity index (χ3v) is 10.6. The number of amides is 1. The van der Waals surface area contributed by atoms with Crippen LogP contribution >= 0.6 is 22.9 Å². The second-order valence-electron chi connectivity index (χ2n) is 13.8. The quantitative estimate of drug-likeness (QED) is 0.0608. The molecule has 0 radical (unpaired) electrons. The highest BCUT2D eigenvalue weighted by Gasteiger charge is 2.32. The maximum absolute atomic E-state index is 13.5. The Kier molecular flexibility index (Phi) is 21.2. The first-order chi connectivity index (χ1) is 30.2. The van der Waals surface area contributed by atoms with Gasteiger partial charge in [-0.15, -0.1) is 21.5 Å². The van der Waals surface area contributed by atoms with Gasteiger partial charge in [-0.1, -0.05) is 23.7 Å². The molecule has 5 rings (SSSR count). The van der Waals surface area contributed by atoms with Gasteiger partial charge in [-0.2, -0.15) is 0 Å². The van der Waals surface area contributed by atoms with Crippen LogP contribution in [0.5, 0.6) is 5.75 Å². The molecule has 0 saturated heterocycles. The van der Waals surface area contributed by atoms with Gasteiger partial charge in [0.2, 0.25) is 5.91 Å². The van der Waals surface area contributed by atoms with Crippen molar-refractivity contribution in [1.82, 2.24) is 14.8 Å². The number of fused-ring (bicyclic) bond motifs is 3. The van der Waals surface area contributed by atoms with Crippen LogP contribution in [0.2, 0.25) is 5.02 Å². The van der Waals surface area contributed by atoms with E-state index in [4.69, 9.17) is 64.3 Å². The highest BCUT2D eigenvalue weighted by atomic mass is 35.5. The molecule has 17 nitrogen and oxygen atoms in total. The van der Waals surface area contributed by atoms with E-state index in [1.165, 1.54) is 4.88 Å². The van der Waals surface area contributed by atoms with Gasteiger partial charge in [-0.3, -0.25) is 14.4 Å². The highest BCUT2D eigenvalue weighted by molar-refractivity contribution is 7.15. The number of aliphatic imine (C=N–C) groups is 1. The first kappa shape index (κ1) is 48.7. The van der Waals surface area contributed by atoms with Gasteiger partial charge < -0.3 is 53.1 Å². The number of nitrogens with zero attached hydrogens (tertiary/aromatic N) is 4. The zero-order valence-electron chi connectivity index (χ0n) is 35.4. The van der Waals surface area contributed by atoms with Gasteiger partial charge in [0.05, 0.1) is 111 Å². The summed E-state index contributed by atoms with van der Waals surface area (Å²) in [6.07, 6.45) is 0.0674. The number of benzene rings is 2. The van der Waals surface area contributed by atoms with Crippen LogP contribution < -0.4 is 10.1 Å². The molecule has 2 N–H and O–H groups in total. The molecule has 4 aromatic rings. The fourth-order valence-corrected chi connectivity index (χ4v) is 7.41. The lowest BCUT2D eigenvalue weighted by atomic mass is 9.99. The van der Waals surface area contributed by atoms with E-state index in [1.54, 1.807) is 35.6 Å². The number of aryl methyl sites for hydroxylation is 2. The zero-order chi connectivity index (χ0) is 43.9. The molecule has 338 valence electrons. The van der Waals surface area contributed by atoms with Gasteiger partial charge in [-0.25, -0.2) is 4.79 Å². The summed E-state index contributed by atoms with van der Waals surface area (Å²) in [5, 5.41) is 22.0. The third-order valence-electron chi connectivity index (χ3n) is 9.20. The molecular formula is C43H56ClN5O12S. The number of hydrogen-bond donors (Lipinski definition) is 2. The van der Waals surface area contributed by atoms with Crippen molar-refractivity contribution in [2.75, 3.05) is 118 Å². The number of hydrogen-bond acceptors (Lipinski definition) is 15. The van der Waals surface area contributed by atoms with E-state index >= 15 is 0 Å². The number of aliphatic carboxylic acids is 1. The summed E-state index contributed by atoms with van der Waals surface area (Å²) in [6, 6.07) is 14.2. The Hall–Kier alpha value is -4.34. The predicted octanol–water partition coefficient (Wildman–Crippen LogP) is 5.42. The number of carbonyl (C=O) groups is 2. The number of nitrogens with one attached hydrogen (secondary N) is 1. The van der Waals surface area contributed by atoms with Crippen LogP contribution in [0.4, 0.5) is 5.69 Å². The van der Waals surface area contributed by atoms with Gasteiger partial charge in [0.15, 0.2) is 5.82 Å². The van der Waals surface area contributed by atoms with E-state index in [2.05, 4.69) is 29.4 Å². The minimum Gasteiger partial charge on any atom is -0.491 e. The molecule has 3 heterocycles. The van der Waals surface area contributed by atoms with Crippen LogP contribution in [0.15, 0.2) is 53.5 Å². The van der Waals surface area contributed by atoms with Gasteiger partial charge >= 0.3 is 5.97 Å². The predicted molar refractivity (Wildman–Crippen MR) is 233 cm³/mol. The molecular weight excluding hydrogens is 846 g/mol. The average Bonchev–Trinajstić information content (AvgIpc) is 3.74. The van der Waals surface area contributed by atoms with Gasteiger partial charge in [0.1, 0.15) is 35.8 Å². The van der Waals surface area contributed by atoms with Crippen molar-refractivity contribution in [2.24, 2.45) is 4.99 Å². The number of carboxylic acid groups (broad SMARTS) is 1. The van der Waals surface area contributed by atoms with E-state index in [0.717, 1.165) is 33.2 Å². The summed E-state index contributed by atoms with van der Waals surface area (Å²) < 4.78 is 51.0. The molecule has 19 heteroatoms. The second kappa shape index (κ2) is 27.0. The number of thiophene rings is 1. The topological polar surface area (TPSA) is 193 Å². The molecule has 0 unspecified atom stereocenters. The average molecular weight is 902 g/mol. The van der Waals surface area contributed by atoms with Crippen LogP contribution in [0.25, 0.3) is 5.00 Å². The van der Waals surface area contributed by atoms with Crippen LogP contribution in [0.3, 0.4) is 0 Å². The fraction of sp³-hybridized carbons (Fsp3) is 0.512. The molecule has 2 aromatic heterocycles. The third kappa shape index (κ3) is 16.1. The van der Waals surface area contributed by atoms with E-state index in [-0.39, 0.29) is 25.5 Å². The normalized spacial score (nSPS) is 13.4. The second-order valence-corrected chi connectivity index (χ2v) is 15.4. The van der Waals surface area contributed by atoms with Crippen molar-refractivity contribution in [1.29, 1.82) is 0 Å². The molecule has 1 amide bonds. The van der Waals surface area contributed by atoms with Crippen molar-refractivity contribution in [3.8, 4) is 10.8 Å². The van der Waals surface area contributed by atoms with Crippen LogP contribution in [-0.2, 0) is 47.5 Å². The molecule has 1 aliphatic heterocycles. The number of anilines is 1. The molecule has 1 atom stereocenters. The monoisotopic (exact) mass is 901 g/mol. The Bertz CT molecular complexity index is 1990. The largest absolute Gasteiger partial charge is 0.491 e. The molecule has 0 saturated carbocycles. The molecule has 2 aromatic carbocycles. The van der Waals surface area contributed by atoms with E-state index < -0.39 is 12.0 Å². The standard InChI is InChI=1S/C43H56ClN5O12S/c1-30-31(2)62-43-40(30)41(33-4-6-34(44)7-5-33)46-37(42-48-47-32(3)49(42)43)28-38(50)45-35-8-10-36(11-9-35)61-27-26-59-23-22-57-19-18-55-15-14-53-12-13-54-16-17-56-20-21-58-24-25-60-29-39(51)52/h4-11,37H,12-29H2,1-3H3,(H,45,50)(H,51,52)/t37-/m0/s1. The Morgan fingerprint density at radius 3 is 1.71 bits per heavy atom. The van der Waals surface area contributed by atoms with E-state index in [9.17, 15) is 9.59 Å². The van der Waals surface area contributed by atoms with Crippen molar-refractivity contribution in [3.63, 3.8) is 0 Å². The van der Waals surface area contributed by atoms with Crippen LogP contribution in [-0.4, -0.2) is 150 Å². The van der Waals surface area contributed by atoms with Crippen molar-refractivity contribution < 1.29 is 57.3 Å². The Labute approximate surface area is 370 Å². The van der Waals surface area contributed by atoms with Crippen molar-refractivity contribution in [2.45, 2.75) is 33.2 Å². The van der Waals surface area contributed by atoms with Gasteiger partial charge in [0, 0.05) is 26.7 Å². The van der Waals surface area contributed by atoms with Gasteiger partial charge in [-0.05, 0) is 62.7 Å². The Morgan fingerprint density at radius 2 is 1.19 bits per heavy atom. The van der Waals surface area contributed by atoms with Crippen molar-refractivity contribution in [3.05, 3.63) is 86.8 Å². The summed E-state index contributed by atoms with van der Waals surface area (Å²) in [5.74, 6) is 0.799. The molecule has 62 heavy (non-hydrogen) atoms. The van der Waals surface area contributed by atoms with Crippen LogP contribution in [0.1, 0.15) is 45.7 Å². The number of rotatable bonds is 31. The smallest absolute Gasteiger partial charge is 0.329 e. The summed E-state index contributed by atoms with van der Waals surface area (Å²) in [7, 11) is 0. The molecule has 0 bridgehead atoms. The highest BCUT2D eigenvalue weighted by Crippen LogP contribution is 2.39. The lowest BCUT2D eigenvalue weighted by Crippen LogP contribution is -2.17. The zero-order valence-corrected chi connectivity index (χ0v) is 37.0. The van der Waals surface area contributed by atoms with E-state index in [1.807, 2.05) is 35.8 Å². The minimum absolute atomic E-state index is 0.0674. The van der Waals surface area contributed by atoms with E-state index in [0.29, 0.717) is 121 Å². The molecule has 0 fully saturated rings. The number of halogens is 1.